The number of rotatable bonds is 2. The number of hydrogen-bond donors (Lipinski definition) is 1. The van der Waals surface area contributed by atoms with Crippen LogP contribution in [0, 0.1) is 12.8 Å². The largest absolute Gasteiger partial charge is 0.508 e. The average molecular weight is 178 g/mol. The number of hydrogen-bond acceptors (Lipinski definition) is 2. The molecule has 0 bridgehead atoms. The normalized spacial score (nSPS) is 10.5. The third-order valence-corrected chi connectivity index (χ3v) is 1.87. The second kappa shape index (κ2) is 3.60. The Bertz CT molecular complexity index is 307. The quantitative estimate of drug-likeness (QED) is 0.706. The molecule has 0 radical (unpaired) electrons. The highest BCUT2D eigenvalue weighted by atomic mass is 16.3. The number of carbonyl (C=O) groups excluding carboxylic acids is 1. The predicted octanol–water partition coefficient (Wildman–Crippen LogP) is 2.54. The summed E-state index contributed by atoms with van der Waals surface area (Å²) < 4.78 is 0. The van der Waals surface area contributed by atoms with Gasteiger partial charge in [0.15, 0.2) is 5.78 Å². The lowest BCUT2D eigenvalue weighted by molar-refractivity contribution is 0.0939. The van der Waals surface area contributed by atoms with Crippen LogP contribution in [0.3, 0.4) is 0 Å². The van der Waals surface area contributed by atoms with E-state index in [9.17, 15) is 9.90 Å². The first-order valence-electron chi connectivity index (χ1n) is 4.35. The summed E-state index contributed by atoms with van der Waals surface area (Å²) >= 11 is 0. The van der Waals surface area contributed by atoms with Gasteiger partial charge in [-0.2, -0.15) is 0 Å². The van der Waals surface area contributed by atoms with Crippen LogP contribution in [-0.2, 0) is 0 Å². The Kier molecular flexibility index (Phi) is 2.71. The van der Waals surface area contributed by atoms with Crippen LogP contribution in [0.2, 0.25) is 0 Å². The van der Waals surface area contributed by atoms with Crippen molar-refractivity contribution in [2.75, 3.05) is 0 Å². The number of ketones is 1. The highest BCUT2D eigenvalue weighted by Gasteiger charge is 2.11. The van der Waals surface area contributed by atoms with Crippen LogP contribution in [-0.4, -0.2) is 10.9 Å². The molecule has 0 atom stereocenters. The number of carbonyl (C=O) groups is 1. The van der Waals surface area contributed by atoms with E-state index in [0.717, 1.165) is 5.56 Å². The Morgan fingerprint density at radius 1 is 1.31 bits per heavy atom. The molecule has 0 spiro atoms. The lowest BCUT2D eigenvalue weighted by Crippen LogP contribution is -2.07. The highest BCUT2D eigenvalue weighted by molar-refractivity contribution is 5.97. The minimum Gasteiger partial charge on any atom is -0.508 e. The van der Waals surface area contributed by atoms with Gasteiger partial charge >= 0.3 is 0 Å². The summed E-state index contributed by atoms with van der Waals surface area (Å²) in [7, 11) is 0. The molecule has 0 unspecified atom stereocenters. The molecule has 13 heavy (non-hydrogen) atoms. The maximum atomic E-state index is 11.5. The van der Waals surface area contributed by atoms with E-state index in [0.29, 0.717) is 5.56 Å². The second-order valence-electron chi connectivity index (χ2n) is 3.58. The van der Waals surface area contributed by atoms with Crippen molar-refractivity contribution < 1.29 is 9.90 Å². The van der Waals surface area contributed by atoms with Gasteiger partial charge in [0.25, 0.3) is 0 Å². The Balaban J connectivity index is 3.08. The van der Waals surface area contributed by atoms with Gasteiger partial charge in [0, 0.05) is 11.5 Å². The molecule has 0 saturated heterocycles. The zero-order chi connectivity index (χ0) is 10.0. The molecule has 0 aliphatic heterocycles. The van der Waals surface area contributed by atoms with Crippen molar-refractivity contribution in [3.8, 4) is 5.75 Å². The number of phenolic OH excluding ortho intramolecular Hbond substituents is 1. The van der Waals surface area contributed by atoms with E-state index in [1.807, 2.05) is 20.8 Å². The molecule has 1 aromatic rings. The molecule has 1 aromatic carbocycles. The standard InChI is InChI=1S/C11H14O2/c1-7(2)11(13)9-4-8(3)5-10(12)6-9/h4-7,12H,1-3H3. The Hall–Kier alpha value is -1.31. The molecule has 2 nitrogen and oxygen atoms in total. The minimum absolute atomic E-state index is 0.0267. The Morgan fingerprint density at radius 2 is 1.92 bits per heavy atom. The maximum Gasteiger partial charge on any atom is 0.165 e. The van der Waals surface area contributed by atoms with E-state index in [4.69, 9.17) is 0 Å². The van der Waals surface area contributed by atoms with Gasteiger partial charge in [0.1, 0.15) is 5.75 Å². The smallest absolute Gasteiger partial charge is 0.165 e. The monoisotopic (exact) mass is 178 g/mol. The summed E-state index contributed by atoms with van der Waals surface area (Å²) in [5.74, 6) is 0.198. The Labute approximate surface area is 78.2 Å². The van der Waals surface area contributed by atoms with E-state index in [2.05, 4.69) is 0 Å². The van der Waals surface area contributed by atoms with Crippen molar-refractivity contribution in [2.24, 2.45) is 5.92 Å². The van der Waals surface area contributed by atoms with E-state index >= 15 is 0 Å². The molecule has 1 N–H and O–H groups in total. The predicted molar refractivity (Wildman–Crippen MR) is 52.0 cm³/mol. The van der Waals surface area contributed by atoms with Crippen molar-refractivity contribution in [1.82, 2.24) is 0 Å². The fraction of sp³-hybridized carbons (Fsp3) is 0.364. The SMILES string of the molecule is Cc1cc(O)cc(C(=O)C(C)C)c1. The summed E-state index contributed by atoms with van der Waals surface area (Å²) in [6.45, 7) is 5.56. The maximum absolute atomic E-state index is 11.5. The first kappa shape index (κ1) is 9.78. The fourth-order valence-corrected chi connectivity index (χ4v) is 1.24. The number of phenols is 1. The summed E-state index contributed by atoms with van der Waals surface area (Å²) in [5, 5.41) is 9.27. The number of Topliss-reactive ketones (excluding diaryl/α,β-unsaturated/α-hetero) is 1. The van der Waals surface area contributed by atoms with E-state index in [1.165, 1.54) is 6.07 Å². The average Bonchev–Trinajstić information content (AvgIpc) is 2.01. The van der Waals surface area contributed by atoms with Crippen molar-refractivity contribution in [3.05, 3.63) is 29.3 Å². The fourth-order valence-electron chi connectivity index (χ4n) is 1.24. The summed E-state index contributed by atoms with van der Waals surface area (Å²) in [6.07, 6.45) is 0. The van der Waals surface area contributed by atoms with E-state index in [1.54, 1.807) is 12.1 Å². The van der Waals surface area contributed by atoms with Crippen LogP contribution in [0.1, 0.15) is 29.8 Å². The molecule has 0 aliphatic carbocycles. The third kappa shape index (κ3) is 2.31. The molecule has 70 valence electrons. The molecule has 0 amide bonds. The van der Waals surface area contributed by atoms with Crippen LogP contribution in [0.15, 0.2) is 18.2 Å². The lowest BCUT2D eigenvalue weighted by atomic mass is 9.99. The molecule has 0 aliphatic rings. The van der Waals surface area contributed by atoms with Gasteiger partial charge in [0.2, 0.25) is 0 Å². The second-order valence-corrected chi connectivity index (χ2v) is 3.58. The van der Waals surface area contributed by atoms with Crippen molar-refractivity contribution >= 4 is 5.78 Å². The summed E-state index contributed by atoms with van der Waals surface area (Å²) in [4.78, 5) is 11.5. The molecule has 0 aromatic heterocycles. The van der Waals surface area contributed by atoms with Crippen LogP contribution < -0.4 is 0 Å². The molecule has 0 saturated carbocycles. The van der Waals surface area contributed by atoms with Crippen molar-refractivity contribution in [1.29, 1.82) is 0 Å². The zero-order valence-electron chi connectivity index (χ0n) is 8.16. The topological polar surface area (TPSA) is 37.3 Å². The van der Waals surface area contributed by atoms with Crippen LogP contribution in [0.25, 0.3) is 0 Å². The van der Waals surface area contributed by atoms with Crippen molar-refractivity contribution in [2.45, 2.75) is 20.8 Å². The van der Waals surface area contributed by atoms with Gasteiger partial charge in [-0.15, -0.1) is 0 Å². The number of aromatic hydroxyl groups is 1. The van der Waals surface area contributed by atoms with Gasteiger partial charge in [-0.05, 0) is 30.7 Å². The van der Waals surface area contributed by atoms with E-state index < -0.39 is 0 Å². The Morgan fingerprint density at radius 3 is 2.38 bits per heavy atom. The summed E-state index contributed by atoms with van der Waals surface area (Å²) in [6, 6.07) is 4.94. The molecule has 0 fully saturated rings. The van der Waals surface area contributed by atoms with Crippen LogP contribution >= 0.6 is 0 Å². The molecule has 0 heterocycles. The third-order valence-electron chi connectivity index (χ3n) is 1.87. The molecule has 1 rings (SSSR count). The van der Waals surface area contributed by atoms with Crippen LogP contribution in [0.5, 0.6) is 5.75 Å². The molecule has 2 heteroatoms. The van der Waals surface area contributed by atoms with E-state index in [-0.39, 0.29) is 17.5 Å². The number of aryl methyl sites for hydroxylation is 1. The molecular weight excluding hydrogens is 164 g/mol. The highest BCUT2D eigenvalue weighted by Crippen LogP contribution is 2.17. The first-order chi connectivity index (χ1) is 6.00. The van der Waals surface area contributed by atoms with Crippen molar-refractivity contribution in [3.63, 3.8) is 0 Å². The van der Waals surface area contributed by atoms with Gasteiger partial charge < -0.3 is 5.11 Å². The van der Waals surface area contributed by atoms with Crippen LogP contribution in [0.4, 0.5) is 0 Å². The minimum atomic E-state index is -0.0267. The molecular formula is C11H14O2. The number of benzene rings is 1. The first-order valence-corrected chi connectivity index (χ1v) is 4.35. The lowest BCUT2D eigenvalue weighted by Gasteiger charge is -2.05. The zero-order valence-corrected chi connectivity index (χ0v) is 8.16. The van der Waals surface area contributed by atoms with Gasteiger partial charge in [0.05, 0.1) is 0 Å². The van der Waals surface area contributed by atoms with Gasteiger partial charge in [-0.25, -0.2) is 0 Å². The summed E-state index contributed by atoms with van der Waals surface area (Å²) in [5.41, 5.74) is 1.50. The van der Waals surface area contributed by atoms with Gasteiger partial charge in [-0.3, -0.25) is 4.79 Å². The van der Waals surface area contributed by atoms with Gasteiger partial charge in [-0.1, -0.05) is 13.8 Å².